The molecular formula is C23H24FN3O. The van der Waals surface area contributed by atoms with E-state index in [1.54, 1.807) is 6.07 Å². The number of hydrogen-bond donors (Lipinski definition) is 0. The second-order valence-electron chi connectivity index (χ2n) is 7.83. The van der Waals surface area contributed by atoms with Crippen LogP contribution in [0, 0.1) is 5.82 Å². The van der Waals surface area contributed by atoms with Crippen molar-refractivity contribution in [2.45, 2.75) is 32.0 Å². The normalized spacial score (nSPS) is 20.4. The van der Waals surface area contributed by atoms with Crippen molar-refractivity contribution in [3.05, 3.63) is 77.3 Å². The number of nitrogens with zero attached hydrogens (tertiary/aromatic N) is 3. The van der Waals surface area contributed by atoms with Crippen LogP contribution in [0.5, 0.6) is 0 Å². The summed E-state index contributed by atoms with van der Waals surface area (Å²) in [6, 6.07) is 17.8. The third-order valence-corrected chi connectivity index (χ3v) is 5.97. The number of likely N-dealkylation sites (tertiary alicyclic amines) is 1. The van der Waals surface area contributed by atoms with E-state index in [0.717, 1.165) is 61.7 Å². The van der Waals surface area contributed by atoms with Crippen LogP contribution in [-0.4, -0.2) is 40.6 Å². The number of benzene rings is 2. The minimum atomic E-state index is -0.241. The van der Waals surface area contributed by atoms with Gasteiger partial charge in [0.05, 0.1) is 0 Å². The van der Waals surface area contributed by atoms with Crippen molar-refractivity contribution < 1.29 is 8.91 Å². The van der Waals surface area contributed by atoms with Gasteiger partial charge in [-0.3, -0.25) is 9.80 Å². The van der Waals surface area contributed by atoms with Gasteiger partial charge in [0.15, 0.2) is 0 Å². The molecule has 3 heterocycles. The molecule has 1 unspecified atom stereocenters. The van der Waals surface area contributed by atoms with Crippen molar-refractivity contribution >= 4 is 0 Å². The van der Waals surface area contributed by atoms with E-state index in [0.29, 0.717) is 6.04 Å². The molecule has 0 N–H and O–H groups in total. The first-order valence-corrected chi connectivity index (χ1v) is 10.00. The second kappa shape index (κ2) is 7.49. The molecule has 0 saturated carbocycles. The zero-order chi connectivity index (χ0) is 18.9. The highest BCUT2D eigenvalue weighted by molar-refractivity contribution is 5.63. The molecule has 1 fully saturated rings. The third-order valence-electron chi connectivity index (χ3n) is 5.97. The summed E-state index contributed by atoms with van der Waals surface area (Å²) < 4.78 is 19.2. The summed E-state index contributed by atoms with van der Waals surface area (Å²) >= 11 is 0. The first-order chi connectivity index (χ1) is 13.8. The quantitative estimate of drug-likeness (QED) is 0.685. The Morgan fingerprint density at radius 2 is 1.96 bits per heavy atom. The predicted octanol–water partition coefficient (Wildman–Crippen LogP) is 4.11. The van der Waals surface area contributed by atoms with Gasteiger partial charge in [0.2, 0.25) is 0 Å². The summed E-state index contributed by atoms with van der Waals surface area (Å²) in [5.74, 6) is 0.712. The maximum atomic E-state index is 13.7. The molecule has 1 atom stereocenters. The maximum Gasteiger partial charge on any atom is 0.143 e. The molecule has 3 aromatic rings. The molecule has 5 rings (SSSR count). The summed E-state index contributed by atoms with van der Waals surface area (Å²) in [7, 11) is 0. The van der Waals surface area contributed by atoms with Gasteiger partial charge in [0, 0.05) is 56.3 Å². The molecule has 1 saturated heterocycles. The molecule has 1 aromatic heterocycles. The number of aromatic nitrogens is 1. The van der Waals surface area contributed by atoms with Gasteiger partial charge in [-0.25, -0.2) is 4.39 Å². The Kier molecular flexibility index (Phi) is 4.71. The molecule has 0 radical (unpaired) electrons. The highest BCUT2D eigenvalue weighted by Crippen LogP contribution is 2.32. The van der Waals surface area contributed by atoms with Crippen LogP contribution in [0.15, 0.2) is 59.1 Å². The molecule has 0 bridgehead atoms. The van der Waals surface area contributed by atoms with Crippen LogP contribution in [0.1, 0.15) is 23.3 Å². The Balaban J connectivity index is 1.29. The van der Waals surface area contributed by atoms with Crippen molar-refractivity contribution in [2.75, 3.05) is 19.6 Å². The third kappa shape index (κ3) is 3.48. The molecule has 4 nitrogen and oxygen atoms in total. The minimum absolute atomic E-state index is 0.241. The molecular weight excluding hydrogens is 353 g/mol. The highest BCUT2D eigenvalue weighted by Gasteiger charge is 2.32. The number of fused-ring (bicyclic) bond motifs is 1. The molecule has 28 heavy (non-hydrogen) atoms. The fourth-order valence-corrected chi connectivity index (χ4v) is 4.50. The minimum Gasteiger partial charge on any atom is -0.360 e. The van der Waals surface area contributed by atoms with Crippen LogP contribution in [0.4, 0.5) is 4.39 Å². The average Bonchev–Trinajstić information content (AvgIpc) is 3.35. The SMILES string of the molecule is Fc1cccc(-c2noc3c2CN(C2CCN(Cc4ccccc4)C2)CC3)c1. The molecule has 0 amide bonds. The lowest BCUT2D eigenvalue weighted by Crippen LogP contribution is -2.40. The Bertz CT molecular complexity index is 955. The first kappa shape index (κ1) is 17.6. The number of hydrogen-bond acceptors (Lipinski definition) is 4. The molecule has 0 aliphatic carbocycles. The van der Waals surface area contributed by atoms with Crippen LogP contribution in [0.3, 0.4) is 0 Å². The van der Waals surface area contributed by atoms with E-state index < -0.39 is 0 Å². The van der Waals surface area contributed by atoms with Gasteiger partial charge in [-0.1, -0.05) is 47.6 Å². The van der Waals surface area contributed by atoms with Gasteiger partial charge in [0.1, 0.15) is 17.3 Å². The lowest BCUT2D eigenvalue weighted by Gasteiger charge is -2.31. The van der Waals surface area contributed by atoms with E-state index in [-0.39, 0.29) is 5.82 Å². The summed E-state index contributed by atoms with van der Waals surface area (Å²) in [4.78, 5) is 5.09. The predicted molar refractivity (Wildman–Crippen MR) is 106 cm³/mol. The summed E-state index contributed by atoms with van der Waals surface area (Å²) in [5, 5.41) is 4.26. The molecule has 0 spiro atoms. The zero-order valence-corrected chi connectivity index (χ0v) is 15.9. The van der Waals surface area contributed by atoms with Crippen molar-refractivity contribution in [1.82, 2.24) is 15.0 Å². The Morgan fingerprint density at radius 3 is 2.82 bits per heavy atom. The lowest BCUT2D eigenvalue weighted by molar-refractivity contribution is 0.167. The monoisotopic (exact) mass is 377 g/mol. The van der Waals surface area contributed by atoms with E-state index in [4.69, 9.17) is 4.52 Å². The average molecular weight is 377 g/mol. The lowest BCUT2D eigenvalue weighted by atomic mass is 10.00. The van der Waals surface area contributed by atoms with Gasteiger partial charge in [-0.05, 0) is 24.1 Å². The Morgan fingerprint density at radius 1 is 1.07 bits per heavy atom. The summed E-state index contributed by atoms with van der Waals surface area (Å²) in [6.07, 6.45) is 2.05. The Hall–Kier alpha value is -2.50. The highest BCUT2D eigenvalue weighted by atomic mass is 19.1. The smallest absolute Gasteiger partial charge is 0.143 e. The number of halogens is 1. The van der Waals surface area contributed by atoms with E-state index in [2.05, 4.69) is 45.3 Å². The van der Waals surface area contributed by atoms with E-state index in [1.807, 2.05) is 6.07 Å². The van der Waals surface area contributed by atoms with E-state index >= 15 is 0 Å². The van der Waals surface area contributed by atoms with E-state index in [9.17, 15) is 4.39 Å². The van der Waals surface area contributed by atoms with Crippen molar-refractivity contribution in [2.24, 2.45) is 0 Å². The maximum absolute atomic E-state index is 13.7. The molecule has 2 aliphatic heterocycles. The summed E-state index contributed by atoms with van der Waals surface area (Å²) in [5.41, 5.74) is 4.08. The summed E-state index contributed by atoms with van der Waals surface area (Å²) in [6.45, 7) is 5.05. The van der Waals surface area contributed by atoms with Crippen LogP contribution in [0.25, 0.3) is 11.3 Å². The fourth-order valence-electron chi connectivity index (χ4n) is 4.50. The van der Waals surface area contributed by atoms with Gasteiger partial charge in [-0.2, -0.15) is 0 Å². The van der Waals surface area contributed by atoms with Crippen LogP contribution >= 0.6 is 0 Å². The van der Waals surface area contributed by atoms with Crippen LogP contribution in [-0.2, 0) is 19.5 Å². The zero-order valence-electron chi connectivity index (χ0n) is 15.9. The van der Waals surface area contributed by atoms with Crippen molar-refractivity contribution in [3.63, 3.8) is 0 Å². The van der Waals surface area contributed by atoms with E-state index in [1.165, 1.54) is 24.1 Å². The topological polar surface area (TPSA) is 32.5 Å². The number of rotatable bonds is 4. The first-order valence-electron chi connectivity index (χ1n) is 10.00. The second-order valence-corrected chi connectivity index (χ2v) is 7.83. The van der Waals surface area contributed by atoms with Gasteiger partial charge >= 0.3 is 0 Å². The molecule has 2 aromatic carbocycles. The van der Waals surface area contributed by atoms with Gasteiger partial charge < -0.3 is 4.52 Å². The van der Waals surface area contributed by atoms with Gasteiger partial charge in [-0.15, -0.1) is 0 Å². The fraction of sp³-hybridized carbons (Fsp3) is 0.348. The molecule has 5 heteroatoms. The standard InChI is InChI=1S/C23H24FN3O/c24-19-8-4-7-18(13-19)23-21-16-27(12-10-22(21)28-25-23)20-9-11-26(15-20)14-17-5-2-1-3-6-17/h1-8,13,20H,9-12,14-16H2. The van der Waals surface area contributed by atoms with Crippen molar-refractivity contribution in [1.29, 1.82) is 0 Å². The van der Waals surface area contributed by atoms with Gasteiger partial charge in [0.25, 0.3) is 0 Å². The van der Waals surface area contributed by atoms with Crippen LogP contribution in [0.2, 0.25) is 0 Å². The molecule has 144 valence electrons. The Labute approximate surface area is 164 Å². The largest absolute Gasteiger partial charge is 0.360 e. The van der Waals surface area contributed by atoms with Crippen LogP contribution < -0.4 is 0 Å². The molecule has 2 aliphatic rings. The van der Waals surface area contributed by atoms with Crippen molar-refractivity contribution in [3.8, 4) is 11.3 Å².